The fraction of sp³-hybridized carbons (Fsp3) is 0.357. The first-order chi connectivity index (χ1) is 19.2. The molecule has 3 rings (SSSR count). The number of amides is 1. The number of hydrogen-bond donors (Lipinski definition) is 6. The number of aliphatic imine (C=N–C) groups is 1. The maximum atomic E-state index is 12.3. The number of benzene rings is 2. The van der Waals surface area contributed by atoms with Gasteiger partial charge in [0, 0.05) is 6.54 Å². The van der Waals surface area contributed by atoms with E-state index in [-0.39, 0.29) is 40.2 Å². The number of nitrogens with two attached hydrogens (primary N) is 3. The van der Waals surface area contributed by atoms with Crippen LogP contribution >= 0.6 is 11.6 Å². The Morgan fingerprint density at radius 1 is 0.825 bits per heavy atom. The Bertz CT molecular complexity index is 1270. The quantitative estimate of drug-likeness (QED) is 0.0715. The fourth-order valence-corrected chi connectivity index (χ4v) is 4.25. The number of carbonyl (C=O) groups is 1. The van der Waals surface area contributed by atoms with Crippen LogP contribution in [0.1, 0.15) is 60.1 Å². The van der Waals surface area contributed by atoms with Crippen molar-refractivity contribution >= 4 is 35.1 Å². The van der Waals surface area contributed by atoms with Crippen molar-refractivity contribution in [1.82, 2.24) is 20.5 Å². The summed E-state index contributed by atoms with van der Waals surface area (Å²) >= 11 is 5.81. The standard InChI is InChI=1S/C28H37ClN8O3/c29-24-26(31)35-25(30)23(34-24)27(38)36-28(32)33-17-5-4-8-20-11-15-22(16-12-20)21-13-9-19(10-14-21)7-3-1-2-6-18-37(39)40/h9-16,39-40H,1-8,17-18H2,(H4,30,31,35)(H3,32,33,36,38). The van der Waals surface area contributed by atoms with Crippen LogP contribution in [0.15, 0.2) is 53.5 Å². The van der Waals surface area contributed by atoms with Crippen molar-refractivity contribution in [3.63, 3.8) is 0 Å². The Labute approximate surface area is 239 Å². The highest BCUT2D eigenvalue weighted by Gasteiger charge is 2.16. The van der Waals surface area contributed by atoms with E-state index in [1.54, 1.807) is 0 Å². The molecule has 0 fully saturated rings. The van der Waals surface area contributed by atoms with Crippen LogP contribution in [-0.4, -0.2) is 50.6 Å². The van der Waals surface area contributed by atoms with Crippen LogP contribution < -0.4 is 22.5 Å². The summed E-state index contributed by atoms with van der Waals surface area (Å²) in [5, 5.41) is 20.0. The first-order valence-electron chi connectivity index (χ1n) is 13.3. The molecule has 0 spiro atoms. The number of hydrogen-bond acceptors (Lipinski definition) is 9. The van der Waals surface area contributed by atoms with Gasteiger partial charge in [0.05, 0.1) is 6.54 Å². The summed E-state index contributed by atoms with van der Waals surface area (Å²) < 4.78 is 0. The van der Waals surface area contributed by atoms with Gasteiger partial charge >= 0.3 is 0 Å². The molecule has 1 aromatic heterocycles. The lowest BCUT2D eigenvalue weighted by Gasteiger charge is -2.08. The number of rotatable bonds is 14. The summed E-state index contributed by atoms with van der Waals surface area (Å²) in [5.74, 6) is -0.896. The molecule has 0 aliphatic rings. The van der Waals surface area contributed by atoms with Gasteiger partial charge in [0.2, 0.25) is 0 Å². The molecule has 0 aliphatic carbocycles. The molecule has 0 aliphatic heterocycles. The highest BCUT2D eigenvalue weighted by molar-refractivity contribution is 6.31. The molecule has 0 saturated carbocycles. The molecule has 2 aromatic carbocycles. The fourth-order valence-electron chi connectivity index (χ4n) is 4.13. The predicted octanol–water partition coefficient (Wildman–Crippen LogP) is 4.21. The van der Waals surface area contributed by atoms with Gasteiger partial charge in [-0.15, -0.1) is 0 Å². The van der Waals surface area contributed by atoms with Crippen molar-refractivity contribution in [1.29, 1.82) is 0 Å². The number of hydroxylamine groups is 2. The lowest BCUT2D eigenvalue weighted by Crippen LogP contribution is -2.38. The lowest BCUT2D eigenvalue weighted by atomic mass is 9.99. The molecule has 0 radical (unpaired) electrons. The molecule has 0 bridgehead atoms. The topological polar surface area (TPSA) is 189 Å². The number of guanidine groups is 1. The predicted molar refractivity (Wildman–Crippen MR) is 157 cm³/mol. The summed E-state index contributed by atoms with van der Waals surface area (Å²) in [4.78, 5) is 24.1. The van der Waals surface area contributed by atoms with Gasteiger partial charge in [-0.3, -0.25) is 25.5 Å². The average molecular weight is 569 g/mol. The van der Waals surface area contributed by atoms with Crippen LogP contribution in [-0.2, 0) is 12.8 Å². The summed E-state index contributed by atoms with van der Waals surface area (Å²) in [5.41, 5.74) is 21.7. The number of aryl methyl sites for hydroxylation is 2. The van der Waals surface area contributed by atoms with Crippen LogP contribution in [0.25, 0.3) is 11.1 Å². The highest BCUT2D eigenvalue weighted by atomic mass is 35.5. The van der Waals surface area contributed by atoms with Gasteiger partial charge in [-0.05, 0) is 60.8 Å². The van der Waals surface area contributed by atoms with Crippen LogP contribution in [0.3, 0.4) is 0 Å². The summed E-state index contributed by atoms with van der Waals surface area (Å²) in [6.45, 7) is 0.749. The maximum absolute atomic E-state index is 12.3. The van der Waals surface area contributed by atoms with E-state index in [4.69, 9.17) is 39.2 Å². The van der Waals surface area contributed by atoms with Crippen LogP contribution in [0.2, 0.25) is 5.15 Å². The average Bonchev–Trinajstić information content (AvgIpc) is 2.93. The molecule has 0 saturated heterocycles. The van der Waals surface area contributed by atoms with Crippen molar-refractivity contribution in [3.8, 4) is 11.1 Å². The van der Waals surface area contributed by atoms with Crippen molar-refractivity contribution < 1.29 is 15.2 Å². The summed E-state index contributed by atoms with van der Waals surface area (Å²) in [6, 6.07) is 17.2. The number of carbonyl (C=O) groups excluding carboxylic acids is 1. The molecule has 12 heteroatoms. The van der Waals surface area contributed by atoms with Crippen molar-refractivity contribution in [3.05, 3.63) is 70.5 Å². The van der Waals surface area contributed by atoms with E-state index < -0.39 is 5.91 Å². The molecule has 11 nitrogen and oxygen atoms in total. The molecule has 1 amide bonds. The normalized spacial score (nSPS) is 11.7. The molecular weight excluding hydrogens is 532 g/mol. The maximum Gasteiger partial charge on any atom is 0.280 e. The molecular formula is C28H37ClN8O3. The molecule has 214 valence electrons. The number of nitrogens with zero attached hydrogens (tertiary/aromatic N) is 4. The van der Waals surface area contributed by atoms with Crippen molar-refractivity contribution in [2.24, 2.45) is 10.7 Å². The molecule has 0 atom stereocenters. The monoisotopic (exact) mass is 568 g/mol. The molecule has 1 heterocycles. The Morgan fingerprint density at radius 3 is 1.95 bits per heavy atom. The number of nitrogen functional groups attached to an aromatic ring is 2. The van der Waals surface area contributed by atoms with E-state index in [1.807, 2.05) is 0 Å². The number of aromatic nitrogens is 2. The van der Waals surface area contributed by atoms with Gasteiger partial charge < -0.3 is 17.2 Å². The largest absolute Gasteiger partial charge is 0.382 e. The number of unbranched alkanes of at least 4 members (excludes halogenated alkanes) is 4. The lowest BCUT2D eigenvalue weighted by molar-refractivity contribution is -0.306. The van der Waals surface area contributed by atoms with Crippen LogP contribution in [0, 0.1) is 0 Å². The Balaban J connectivity index is 1.36. The van der Waals surface area contributed by atoms with Gasteiger partial charge in [0.15, 0.2) is 28.4 Å². The number of nitrogens with one attached hydrogen (secondary N) is 1. The van der Waals surface area contributed by atoms with E-state index >= 15 is 0 Å². The Kier molecular flexibility index (Phi) is 12.1. The van der Waals surface area contributed by atoms with Crippen molar-refractivity contribution in [2.75, 3.05) is 24.6 Å². The zero-order chi connectivity index (χ0) is 28.9. The molecule has 40 heavy (non-hydrogen) atoms. The van der Waals surface area contributed by atoms with Crippen LogP contribution in [0.4, 0.5) is 11.6 Å². The zero-order valence-electron chi connectivity index (χ0n) is 22.4. The third-order valence-electron chi connectivity index (χ3n) is 6.33. The van der Waals surface area contributed by atoms with E-state index in [0.717, 1.165) is 51.4 Å². The second kappa shape index (κ2) is 15.7. The molecule has 9 N–H and O–H groups in total. The third-order valence-corrected chi connectivity index (χ3v) is 6.61. The number of halogens is 1. The van der Waals surface area contributed by atoms with Gasteiger partial charge in [-0.1, -0.05) is 78.2 Å². The van der Waals surface area contributed by atoms with E-state index in [0.29, 0.717) is 6.54 Å². The molecule has 3 aromatic rings. The van der Waals surface area contributed by atoms with Gasteiger partial charge in [-0.2, -0.15) is 0 Å². The van der Waals surface area contributed by atoms with Gasteiger partial charge in [0.25, 0.3) is 5.91 Å². The first-order valence-corrected chi connectivity index (χ1v) is 13.6. The van der Waals surface area contributed by atoms with Gasteiger partial charge in [-0.25, -0.2) is 9.97 Å². The summed E-state index contributed by atoms with van der Waals surface area (Å²) in [6.07, 6.45) is 7.56. The minimum Gasteiger partial charge on any atom is -0.382 e. The van der Waals surface area contributed by atoms with Gasteiger partial charge in [0.1, 0.15) is 0 Å². The Hall–Kier alpha value is -3.77. The SMILES string of the molecule is NC(=NCCCCc1ccc(-c2ccc(CCCCCCN(O)O)cc2)cc1)NC(=O)c1nc(Cl)c(N)nc1N. The van der Waals surface area contributed by atoms with E-state index in [1.165, 1.54) is 22.3 Å². The zero-order valence-corrected chi connectivity index (χ0v) is 23.1. The summed E-state index contributed by atoms with van der Waals surface area (Å²) in [7, 11) is 0. The number of anilines is 2. The highest BCUT2D eigenvalue weighted by Crippen LogP contribution is 2.22. The van der Waals surface area contributed by atoms with Crippen LogP contribution in [0.5, 0.6) is 0 Å². The minimum atomic E-state index is -0.658. The van der Waals surface area contributed by atoms with E-state index in [2.05, 4.69) is 68.8 Å². The Morgan fingerprint density at radius 2 is 1.38 bits per heavy atom. The van der Waals surface area contributed by atoms with Crippen molar-refractivity contribution in [2.45, 2.75) is 51.4 Å². The minimum absolute atomic E-state index is 0.0355. The third kappa shape index (κ3) is 10.1. The molecule has 0 unspecified atom stereocenters. The first kappa shape index (κ1) is 30.8. The smallest absolute Gasteiger partial charge is 0.280 e. The van der Waals surface area contributed by atoms with E-state index in [9.17, 15) is 4.79 Å². The second-order valence-electron chi connectivity index (χ2n) is 9.47. The second-order valence-corrected chi connectivity index (χ2v) is 9.82.